The van der Waals surface area contributed by atoms with Crippen LogP contribution in [0.1, 0.15) is 81.1 Å². The summed E-state index contributed by atoms with van der Waals surface area (Å²) in [5.41, 5.74) is -1.79. The summed E-state index contributed by atoms with van der Waals surface area (Å²) in [4.78, 5) is 50.1. The van der Waals surface area contributed by atoms with Gasteiger partial charge in [0.05, 0.1) is 36.7 Å². The summed E-state index contributed by atoms with van der Waals surface area (Å²) in [6.45, 7) is 16.2. The molecule has 42 heavy (non-hydrogen) atoms. The Morgan fingerprint density at radius 2 is 1.43 bits per heavy atom. The third-order valence-corrected chi connectivity index (χ3v) is 10.9. The number of thioether (sulfide) groups is 2. The van der Waals surface area contributed by atoms with Gasteiger partial charge >= 0.3 is 0 Å². The number of rotatable bonds is 22. The lowest BCUT2D eigenvalue weighted by atomic mass is 9.51. The van der Waals surface area contributed by atoms with Crippen molar-refractivity contribution in [3.63, 3.8) is 0 Å². The zero-order valence-electron chi connectivity index (χ0n) is 26.8. The van der Waals surface area contributed by atoms with Crippen LogP contribution in [0, 0.1) is 10.8 Å². The van der Waals surface area contributed by atoms with Crippen molar-refractivity contribution < 1.29 is 23.9 Å². The summed E-state index contributed by atoms with van der Waals surface area (Å²) in [5, 5.41) is 9.97. The second kappa shape index (κ2) is 18.3. The van der Waals surface area contributed by atoms with Gasteiger partial charge in [0.15, 0.2) is 5.78 Å². The highest BCUT2D eigenvalue weighted by atomic mass is 32.2. The average molecular weight is 615 g/mol. The molecule has 0 heterocycles. The minimum Gasteiger partial charge on any atom is -0.366 e. The van der Waals surface area contributed by atoms with Crippen molar-refractivity contribution in [1.29, 1.82) is 0 Å². The minimum atomic E-state index is -0.769. The van der Waals surface area contributed by atoms with Crippen LogP contribution in [0.3, 0.4) is 0 Å². The summed E-state index contributed by atoms with van der Waals surface area (Å²) in [6, 6.07) is -1.08. The maximum Gasteiger partial charge on any atom is 0.226 e. The number of carbonyl (C=O) groups excluding carboxylic acids is 4. The smallest absolute Gasteiger partial charge is 0.226 e. The molecule has 1 saturated carbocycles. The summed E-state index contributed by atoms with van der Waals surface area (Å²) < 4.78 is 5.59. The lowest BCUT2D eigenvalue weighted by molar-refractivity contribution is -0.132. The summed E-state index contributed by atoms with van der Waals surface area (Å²) in [5.74, 6) is 0.886. The SMILES string of the molecule is [B][B]C(=O)C(CSC1CCC1SCC(NC(C)(C)CC)C(=O)[B][B])NC(=O)C(C)(C)CCOCNCC(=O)C(C)(C)C. The zero-order chi connectivity index (χ0) is 32.1. The van der Waals surface area contributed by atoms with Crippen LogP contribution in [-0.4, -0.2) is 112 Å². The van der Waals surface area contributed by atoms with Crippen molar-refractivity contribution in [1.82, 2.24) is 16.0 Å². The fourth-order valence-electron chi connectivity index (χ4n) is 3.82. The van der Waals surface area contributed by atoms with Gasteiger partial charge in [0.25, 0.3) is 0 Å². The molecule has 4 atom stereocenters. The molecule has 0 spiro atoms. The van der Waals surface area contributed by atoms with Crippen molar-refractivity contribution in [3.05, 3.63) is 0 Å². The molecule has 1 aliphatic rings. The number of hydrogen-bond donors (Lipinski definition) is 3. The lowest BCUT2D eigenvalue weighted by Crippen LogP contribution is -2.52. The van der Waals surface area contributed by atoms with Crippen LogP contribution in [-0.2, 0) is 23.9 Å². The first-order valence-electron chi connectivity index (χ1n) is 14.8. The quantitative estimate of drug-likeness (QED) is 0.0955. The van der Waals surface area contributed by atoms with Crippen molar-refractivity contribution in [3.8, 4) is 0 Å². The first-order chi connectivity index (χ1) is 19.5. The van der Waals surface area contributed by atoms with Gasteiger partial charge in [-0.15, -0.1) is 0 Å². The molecule has 0 aliphatic heterocycles. The Morgan fingerprint density at radius 1 is 0.905 bits per heavy atom. The second-order valence-electron chi connectivity index (χ2n) is 13.2. The minimum absolute atomic E-state index is 0.0977. The van der Waals surface area contributed by atoms with E-state index in [1.807, 2.05) is 34.6 Å². The standard InChI is InChI=1S/C28H49B4N3O5S2/c1-9-28(7,8)35-19(24(38)32-30)16-42-21-11-10-20(21)41-15-18(23(37)31-29)34-25(39)27(5,6)12-13-40-17-33-14-22(36)26(2,3)4/h18-21,33,35H,9-17H2,1-8H3,(H,34,39). The zero-order valence-corrected chi connectivity index (χ0v) is 28.5. The average Bonchev–Trinajstić information content (AvgIpc) is 2.91. The molecule has 1 amide bonds. The van der Waals surface area contributed by atoms with E-state index in [9.17, 15) is 19.2 Å². The number of hydrogen-bond acceptors (Lipinski definition) is 9. The summed E-state index contributed by atoms with van der Waals surface area (Å²) in [7, 11) is 13.3. The van der Waals surface area contributed by atoms with E-state index < -0.39 is 16.9 Å². The number of nitrogens with one attached hydrogen (secondary N) is 3. The van der Waals surface area contributed by atoms with Gasteiger partial charge in [0.2, 0.25) is 5.91 Å². The van der Waals surface area contributed by atoms with Gasteiger partial charge in [-0.25, -0.2) is 0 Å². The number of ether oxygens (including phenoxy) is 1. The number of ketones is 1. The van der Waals surface area contributed by atoms with Crippen molar-refractivity contribution in [2.24, 2.45) is 10.8 Å². The second-order valence-corrected chi connectivity index (χ2v) is 15.8. The van der Waals surface area contributed by atoms with E-state index in [-0.39, 0.29) is 47.9 Å². The molecule has 0 bridgehead atoms. The highest BCUT2D eigenvalue weighted by Crippen LogP contribution is 2.40. The van der Waals surface area contributed by atoms with Crippen molar-refractivity contribution >= 4 is 76.4 Å². The summed E-state index contributed by atoms with van der Waals surface area (Å²) in [6.07, 6.45) is 3.37. The Balaban J connectivity index is 2.57. The highest BCUT2D eigenvalue weighted by molar-refractivity contribution is 8.04. The van der Waals surface area contributed by atoms with E-state index in [1.165, 1.54) is 0 Å². The number of Topliss-reactive ketones (excluding diaryl/α,β-unsaturated/α-hetero) is 1. The van der Waals surface area contributed by atoms with Gasteiger partial charge in [0, 0.05) is 60.5 Å². The molecule has 14 heteroatoms. The van der Waals surface area contributed by atoms with Gasteiger partial charge in [0.1, 0.15) is 14.3 Å². The normalized spacial score (nSPS) is 18.9. The van der Waals surface area contributed by atoms with Crippen LogP contribution in [0.4, 0.5) is 0 Å². The van der Waals surface area contributed by atoms with E-state index in [4.69, 9.17) is 20.2 Å². The Labute approximate surface area is 266 Å². The van der Waals surface area contributed by atoms with E-state index in [2.05, 4.69) is 36.7 Å². The van der Waals surface area contributed by atoms with E-state index in [1.54, 1.807) is 23.5 Å². The molecular weight excluding hydrogens is 566 g/mol. The van der Waals surface area contributed by atoms with Gasteiger partial charge in [-0.3, -0.25) is 14.9 Å². The molecular formula is C28H49B4N3O5S2. The molecule has 0 aromatic rings. The predicted octanol–water partition coefficient (Wildman–Crippen LogP) is 1.84. The highest BCUT2D eigenvalue weighted by Gasteiger charge is 2.36. The third kappa shape index (κ3) is 14.0. The number of amides is 1. The van der Waals surface area contributed by atoms with E-state index in [0.717, 1.165) is 33.6 Å². The predicted molar refractivity (Wildman–Crippen MR) is 180 cm³/mol. The molecule has 3 N–H and O–H groups in total. The van der Waals surface area contributed by atoms with Crippen LogP contribution < -0.4 is 16.0 Å². The Morgan fingerprint density at radius 3 is 1.90 bits per heavy atom. The van der Waals surface area contributed by atoms with Crippen molar-refractivity contribution in [2.75, 3.05) is 31.4 Å². The Kier molecular flexibility index (Phi) is 17.2. The van der Waals surface area contributed by atoms with Crippen molar-refractivity contribution in [2.45, 2.75) is 109 Å². The Bertz CT molecular complexity index is 905. The van der Waals surface area contributed by atoms with Gasteiger partial charge in [-0.05, 0) is 39.5 Å². The molecule has 0 aromatic carbocycles. The molecule has 4 unspecified atom stereocenters. The topological polar surface area (TPSA) is 114 Å². The summed E-state index contributed by atoms with van der Waals surface area (Å²) >= 11 is 3.41. The molecule has 1 rings (SSSR count). The molecule has 8 nitrogen and oxygen atoms in total. The molecule has 0 saturated heterocycles. The van der Waals surface area contributed by atoms with Crippen LogP contribution in [0.15, 0.2) is 0 Å². The lowest BCUT2D eigenvalue weighted by Gasteiger charge is -2.38. The molecule has 230 valence electrons. The Hall–Kier alpha value is -0.680. The monoisotopic (exact) mass is 615 g/mol. The number of carbonyl (C=O) groups is 4. The molecule has 1 aliphatic carbocycles. The molecule has 6 radical (unpaired) electrons. The first-order valence-corrected chi connectivity index (χ1v) is 16.9. The van der Waals surface area contributed by atoms with Crippen LogP contribution in [0.25, 0.3) is 0 Å². The van der Waals surface area contributed by atoms with Crippen LogP contribution in [0.5, 0.6) is 0 Å². The first kappa shape index (κ1) is 39.3. The van der Waals surface area contributed by atoms with E-state index >= 15 is 0 Å². The van der Waals surface area contributed by atoms with Crippen LogP contribution >= 0.6 is 23.5 Å². The fourth-order valence-corrected chi connectivity index (χ4v) is 6.98. The van der Waals surface area contributed by atoms with Gasteiger partial charge in [-0.2, -0.15) is 23.5 Å². The van der Waals surface area contributed by atoms with Gasteiger partial charge < -0.3 is 25.0 Å². The molecule has 0 aromatic heterocycles. The maximum absolute atomic E-state index is 13.1. The van der Waals surface area contributed by atoms with E-state index in [0.29, 0.717) is 35.0 Å². The molecule has 1 fully saturated rings. The largest absolute Gasteiger partial charge is 0.366 e. The maximum atomic E-state index is 13.1. The third-order valence-electron chi connectivity index (χ3n) is 7.69. The van der Waals surface area contributed by atoms with Gasteiger partial charge in [-0.1, -0.05) is 41.5 Å². The van der Waals surface area contributed by atoms with Crippen LogP contribution in [0.2, 0.25) is 0 Å². The fraction of sp³-hybridized carbons (Fsp3) is 0.857.